The SMILES string of the molecule is CCOC(=O)Cc1cc2c(s1)CCN(C(=O)[C@H](Cc1ccc(C#N)cc1)NC(=O)c1ccc(C(=N)N)cc1)C2. The summed E-state index contributed by atoms with van der Waals surface area (Å²) in [6.45, 7) is 2.99. The lowest BCUT2D eigenvalue weighted by Crippen LogP contribution is -2.50. The van der Waals surface area contributed by atoms with E-state index in [1.807, 2.05) is 6.07 Å². The monoisotopic (exact) mass is 543 g/mol. The number of nitrogen functional groups attached to an aromatic ring is 1. The molecule has 2 aromatic carbocycles. The van der Waals surface area contributed by atoms with Crippen LogP contribution >= 0.6 is 11.3 Å². The summed E-state index contributed by atoms with van der Waals surface area (Å²) in [5, 5.41) is 19.5. The summed E-state index contributed by atoms with van der Waals surface area (Å²) in [4.78, 5) is 42.6. The Balaban J connectivity index is 1.52. The van der Waals surface area contributed by atoms with Crippen LogP contribution in [0.1, 0.15) is 49.3 Å². The molecule has 0 bridgehead atoms. The number of nitrogens with one attached hydrogen (secondary N) is 2. The third-order valence-corrected chi connectivity index (χ3v) is 7.67. The van der Waals surface area contributed by atoms with Crippen LogP contribution in [-0.4, -0.2) is 47.7 Å². The Morgan fingerprint density at radius 2 is 1.85 bits per heavy atom. The number of rotatable bonds is 9. The van der Waals surface area contributed by atoms with Gasteiger partial charge in [0.2, 0.25) is 5.91 Å². The maximum atomic E-state index is 13.8. The summed E-state index contributed by atoms with van der Waals surface area (Å²) in [7, 11) is 0. The van der Waals surface area contributed by atoms with Crippen molar-refractivity contribution in [2.75, 3.05) is 13.2 Å². The fraction of sp³-hybridized carbons (Fsp3) is 0.276. The molecule has 0 unspecified atom stereocenters. The summed E-state index contributed by atoms with van der Waals surface area (Å²) < 4.78 is 5.06. The molecule has 9 nitrogen and oxygen atoms in total. The highest BCUT2D eigenvalue weighted by Crippen LogP contribution is 2.29. The van der Waals surface area contributed by atoms with Gasteiger partial charge in [0.05, 0.1) is 24.7 Å². The van der Waals surface area contributed by atoms with E-state index in [2.05, 4.69) is 11.4 Å². The van der Waals surface area contributed by atoms with Crippen LogP contribution in [0.4, 0.5) is 0 Å². The van der Waals surface area contributed by atoms with Crippen molar-refractivity contribution in [1.82, 2.24) is 10.2 Å². The first kappa shape index (κ1) is 27.5. The average molecular weight is 544 g/mol. The number of carbonyl (C=O) groups is 3. The fourth-order valence-electron chi connectivity index (χ4n) is 4.44. The number of nitrogens with zero attached hydrogens (tertiary/aromatic N) is 2. The van der Waals surface area contributed by atoms with Gasteiger partial charge < -0.3 is 20.7 Å². The first-order chi connectivity index (χ1) is 18.8. The topological polar surface area (TPSA) is 149 Å². The average Bonchev–Trinajstić information content (AvgIpc) is 3.34. The molecule has 2 heterocycles. The Morgan fingerprint density at radius 3 is 2.49 bits per heavy atom. The van der Waals surface area contributed by atoms with Gasteiger partial charge in [-0.2, -0.15) is 5.26 Å². The lowest BCUT2D eigenvalue weighted by Gasteiger charge is -2.31. The number of fused-ring (bicyclic) bond motifs is 1. The zero-order valence-corrected chi connectivity index (χ0v) is 22.3. The quantitative estimate of drug-likeness (QED) is 0.215. The van der Waals surface area contributed by atoms with Gasteiger partial charge >= 0.3 is 5.97 Å². The van der Waals surface area contributed by atoms with Crippen molar-refractivity contribution >= 4 is 35.0 Å². The number of nitrogens with two attached hydrogens (primary N) is 1. The highest BCUT2D eigenvalue weighted by Gasteiger charge is 2.30. The van der Waals surface area contributed by atoms with E-state index in [4.69, 9.17) is 21.1 Å². The number of esters is 1. The second-order valence-electron chi connectivity index (χ2n) is 9.18. The maximum Gasteiger partial charge on any atom is 0.311 e. The normalized spacial score (nSPS) is 13.1. The van der Waals surface area contributed by atoms with Gasteiger partial charge in [-0.15, -0.1) is 11.3 Å². The number of benzene rings is 2. The molecule has 2 amide bonds. The molecule has 0 radical (unpaired) electrons. The van der Waals surface area contributed by atoms with Crippen LogP contribution < -0.4 is 11.1 Å². The summed E-state index contributed by atoms with van der Waals surface area (Å²) in [5.74, 6) is -0.997. The maximum absolute atomic E-state index is 13.8. The number of ether oxygens (including phenoxy) is 1. The van der Waals surface area contributed by atoms with Gasteiger partial charge in [-0.3, -0.25) is 19.8 Å². The molecule has 1 atom stereocenters. The van der Waals surface area contributed by atoms with Crippen LogP contribution in [0.25, 0.3) is 0 Å². The number of hydrogen-bond donors (Lipinski definition) is 3. The van der Waals surface area contributed by atoms with Gasteiger partial charge in [0.25, 0.3) is 5.91 Å². The minimum Gasteiger partial charge on any atom is -0.466 e. The highest BCUT2D eigenvalue weighted by molar-refractivity contribution is 7.12. The lowest BCUT2D eigenvalue weighted by atomic mass is 10.0. The van der Waals surface area contributed by atoms with Gasteiger partial charge in [-0.05, 0) is 54.8 Å². The molecule has 1 aliphatic rings. The lowest BCUT2D eigenvalue weighted by molar-refractivity contribution is -0.142. The van der Waals surface area contributed by atoms with Crippen molar-refractivity contribution in [3.05, 3.63) is 92.2 Å². The number of thiophene rings is 1. The van der Waals surface area contributed by atoms with E-state index in [1.165, 1.54) is 0 Å². The van der Waals surface area contributed by atoms with Gasteiger partial charge in [0.1, 0.15) is 11.9 Å². The first-order valence-electron chi connectivity index (χ1n) is 12.6. The van der Waals surface area contributed by atoms with Crippen molar-refractivity contribution in [1.29, 1.82) is 10.7 Å². The van der Waals surface area contributed by atoms with E-state index in [0.29, 0.717) is 42.8 Å². The largest absolute Gasteiger partial charge is 0.466 e. The number of carbonyl (C=O) groups excluding carboxylic acids is 3. The third-order valence-electron chi connectivity index (χ3n) is 6.44. The predicted octanol–water partition coefficient (Wildman–Crippen LogP) is 2.94. The Morgan fingerprint density at radius 1 is 1.15 bits per heavy atom. The van der Waals surface area contributed by atoms with E-state index < -0.39 is 11.9 Å². The minimum atomic E-state index is -0.836. The highest BCUT2D eigenvalue weighted by atomic mass is 32.1. The second kappa shape index (κ2) is 12.4. The summed E-state index contributed by atoms with van der Waals surface area (Å²) in [6, 6.07) is 16.4. The molecule has 0 fully saturated rings. The zero-order chi connectivity index (χ0) is 27.9. The van der Waals surface area contributed by atoms with Gasteiger partial charge in [0, 0.05) is 40.4 Å². The number of nitriles is 1. The molecule has 39 heavy (non-hydrogen) atoms. The fourth-order valence-corrected chi connectivity index (χ4v) is 5.59. The summed E-state index contributed by atoms with van der Waals surface area (Å²) in [6.07, 6.45) is 1.13. The molecular weight excluding hydrogens is 514 g/mol. The Hall–Kier alpha value is -4.49. The van der Waals surface area contributed by atoms with Crippen molar-refractivity contribution < 1.29 is 19.1 Å². The molecule has 3 aromatic rings. The third kappa shape index (κ3) is 6.89. The molecule has 200 valence electrons. The molecule has 1 aromatic heterocycles. The number of hydrogen-bond acceptors (Lipinski definition) is 7. The molecule has 4 rings (SSSR count). The number of amidine groups is 1. The standard InChI is InChI=1S/C29H29N5O4S/c1-2-38-26(35)15-23-14-22-17-34(12-11-25(22)39-23)29(37)24(13-18-3-5-19(16-30)6-4-18)33-28(36)21-9-7-20(8-10-21)27(31)32/h3-10,14,24H,2,11-13,15,17H2,1H3,(H3,31,32)(H,33,36)/t24-/m0/s1. The second-order valence-corrected chi connectivity index (χ2v) is 10.4. The van der Waals surface area contributed by atoms with Gasteiger partial charge in [0.15, 0.2) is 0 Å². The van der Waals surface area contributed by atoms with E-state index in [1.54, 1.807) is 71.7 Å². The molecule has 1 aliphatic heterocycles. The minimum absolute atomic E-state index is 0.0980. The van der Waals surface area contributed by atoms with E-state index in [-0.39, 0.29) is 30.6 Å². The molecule has 0 spiro atoms. The van der Waals surface area contributed by atoms with Crippen molar-refractivity contribution in [2.45, 2.75) is 38.8 Å². The summed E-state index contributed by atoms with van der Waals surface area (Å²) in [5.41, 5.74) is 8.68. The summed E-state index contributed by atoms with van der Waals surface area (Å²) >= 11 is 1.57. The van der Waals surface area contributed by atoms with E-state index >= 15 is 0 Å². The molecule has 0 saturated carbocycles. The molecule has 4 N–H and O–H groups in total. The van der Waals surface area contributed by atoms with Crippen LogP contribution in [0.5, 0.6) is 0 Å². The smallest absolute Gasteiger partial charge is 0.311 e. The van der Waals surface area contributed by atoms with Crippen molar-refractivity contribution in [2.24, 2.45) is 5.73 Å². The van der Waals surface area contributed by atoms with Crippen LogP contribution in [-0.2, 0) is 40.1 Å². The molecule has 0 aliphatic carbocycles. The zero-order valence-electron chi connectivity index (χ0n) is 21.5. The van der Waals surface area contributed by atoms with Crippen molar-refractivity contribution in [3.8, 4) is 6.07 Å². The van der Waals surface area contributed by atoms with Crippen LogP contribution in [0.2, 0.25) is 0 Å². The van der Waals surface area contributed by atoms with Crippen LogP contribution in [0, 0.1) is 16.7 Å². The van der Waals surface area contributed by atoms with E-state index in [0.717, 1.165) is 20.9 Å². The Labute approximate surface area is 230 Å². The van der Waals surface area contributed by atoms with Crippen LogP contribution in [0.3, 0.4) is 0 Å². The molecule has 0 saturated heterocycles. The Bertz CT molecular complexity index is 1420. The first-order valence-corrected chi connectivity index (χ1v) is 13.4. The van der Waals surface area contributed by atoms with Crippen LogP contribution in [0.15, 0.2) is 54.6 Å². The van der Waals surface area contributed by atoms with E-state index in [9.17, 15) is 14.4 Å². The van der Waals surface area contributed by atoms with Crippen molar-refractivity contribution in [3.63, 3.8) is 0 Å². The van der Waals surface area contributed by atoms with Gasteiger partial charge in [-0.25, -0.2) is 0 Å². The molecule has 10 heteroatoms. The Kier molecular flexibility index (Phi) is 8.74. The molecular formula is C29H29N5O4S. The van der Waals surface area contributed by atoms with Gasteiger partial charge in [-0.1, -0.05) is 24.3 Å². The predicted molar refractivity (Wildman–Crippen MR) is 147 cm³/mol. The number of amides is 2.